The number of hydrogen-bond acceptors (Lipinski definition) is 5. The van der Waals surface area contributed by atoms with E-state index < -0.39 is 0 Å². The Morgan fingerprint density at radius 1 is 1.14 bits per heavy atom. The molecule has 1 saturated carbocycles. The molecule has 1 aromatic rings. The largest absolute Gasteiger partial charge is 0.356 e. The zero-order valence-corrected chi connectivity index (χ0v) is 15.2. The Balaban J connectivity index is 0.00000106. The van der Waals surface area contributed by atoms with Crippen molar-refractivity contribution < 1.29 is 0 Å². The quantitative estimate of drug-likeness (QED) is 0.265. The molecule has 1 aromatic heterocycles. The van der Waals surface area contributed by atoms with Crippen molar-refractivity contribution in [1.82, 2.24) is 15.0 Å². The van der Waals surface area contributed by atoms with Crippen molar-refractivity contribution in [3.05, 3.63) is 9.54 Å². The van der Waals surface area contributed by atoms with Gasteiger partial charge in [0.1, 0.15) is 0 Å². The zero-order chi connectivity index (χ0) is 15.5. The van der Waals surface area contributed by atoms with Crippen LogP contribution in [-0.2, 0) is 0 Å². The minimum Gasteiger partial charge on any atom is -0.356 e. The molecule has 2 rings (SSSR count). The molecular formula is C14H26N4S3. The highest BCUT2D eigenvalue weighted by atomic mass is 32.1. The maximum atomic E-state index is 5.03. The van der Waals surface area contributed by atoms with E-state index in [0.29, 0.717) is 15.5 Å². The van der Waals surface area contributed by atoms with Gasteiger partial charge in [-0.1, -0.05) is 38.5 Å². The predicted octanol–water partition coefficient (Wildman–Crippen LogP) is 4.91. The van der Waals surface area contributed by atoms with Crippen molar-refractivity contribution >= 4 is 43.0 Å². The van der Waals surface area contributed by atoms with E-state index in [-0.39, 0.29) is 0 Å². The SMILES string of the molecule is CS.S=c1nc(NCCCC2CCCCCC2)[nH]c(=S)[nH]1. The molecule has 0 aliphatic heterocycles. The second kappa shape index (κ2) is 11.2. The summed E-state index contributed by atoms with van der Waals surface area (Å²) in [4.78, 5) is 9.91. The molecule has 7 heteroatoms. The molecular weight excluding hydrogens is 320 g/mol. The highest BCUT2D eigenvalue weighted by molar-refractivity contribution is 7.79. The normalized spacial score (nSPS) is 15.7. The summed E-state index contributed by atoms with van der Waals surface area (Å²) >= 11 is 13.5. The number of aromatic amines is 2. The second-order valence-electron chi connectivity index (χ2n) is 5.27. The molecule has 0 bridgehead atoms. The summed E-state index contributed by atoms with van der Waals surface area (Å²) in [5.41, 5.74) is 0. The summed E-state index contributed by atoms with van der Waals surface area (Å²) in [6.07, 6.45) is 12.7. The highest BCUT2D eigenvalue weighted by Gasteiger charge is 2.11. The predicted molar refractivity (Wildman–Crippen MR) is 98.4 cm³/mol. The topological polar surface area (TPSA) is 56.5 Å². The first-order valence-corrected chi connectivity index (χ1v) is 9.34. The van der Waals surface area contributed by atoms with Crippen LogP contribution in [-0.4, -0.2) is 27.8 Å². The van der Waals surface area contributed by atoms with E-state index in [1.807, 2.05) is 0 Å². The van der Waals surface area contributed by atoms with Crippen LogP contribution in [0.4, 0.5) is 5.95 Å². The molecule has 0 atom stereocenters. The Morgan fingerprint density at radius 3 is 2.43 bits per heavy atom. The molecule has 0 amide bonds. The van der Waals surface area contributed by atoms with E-state index in [9.17, 15) is 0 Å². The summed E-state index contributed by atoms with van der Waals surface area (Å²) in [6, 6.07) is 0. The molecule has 0 spiro atoms. The molecule has 21 heavy (non-hydrogen) atoms. The van der Waals surface area contributed by atoms with Gasteiger partial charge in [0.15, 0.2) is 4.77 Å². The second-order valence-corrected chi connectivity index (χ2v) is 6.07. The number of rotatable bonds is 5. The van der Waals surface area contributed by atoms with Crippen LogP contribution < -0.4 is 5.32 Å². The summed E-state index contributed by atoms with van der Waals surface area (Å²) < 4.78 is 0.946. The third-order valence-corrected chi connectivity index (χ3v) is 4.12. The summed E-state index contributed by atoms with van der Waals surface area (Å²) in [6.45, 7) is 0.924. The Morgan fingerprint density at radius 2 is 1.81 bits per heavy atom. The van der Waals surface area contributed by atoms with E-state index in [1.165, 1.54) is 51.4 Å². The van der Waals surface area contributed by atoms with Crippen LogP contribution in [0.2, 0.25) is 0 Å². The lowest BCUT2D eigenvalue weighted by Gasteiger charge is -2.13. The summed E-state index contributed by atoms with van der Waals surface area (Å²) in [7, 11) is 0. The molecule has 0 unspecified atom stereocenters. The minimum atomic E-state index is 0.426. The average molecular weight is 347 g/mol. The maximum Gasteiger partial charge on any atom is 0.205 e. The number of hydrogen-bond donors (Lipinski definition) is 4. The molecule has 1 aliphatic rings. The van der Waals surface area contributed by atoms with Gasteiger partial charge in [-0.3, -0.25) is 0 Å². The smallest absolute Gasteiger partial charge is 0.205 e. The molecule has 0 saturated heterocycles. The van der Waals surface area contributed by atoms with Gasteiger partial charge >= 0.3 is 0 Å². The van der Waals surface area contributed by atoms with Crippen molar-refractivity contribution in [1.29, 1.82) is 0 Å². The molecule has 1 fully saturated rings. The van der Waals surface area contributed by atoms with Gasteiger partial charge in [-0.25, -0.2) is 0 Å². The molecule has 0 radical (unpaired) electrons. The molecule has 120 valence electrons. The lowest BCUT2D eigenvalue weighted by atomic mass is 9.95. The monoisotopic (exact) mass is 346 g/mol. The van der Waals surface area contributed by atoms with Gasteiger partial charge in [0.05, 0.1) is 0 Å². The van der Waals surface area contributed by atoms with E-state index in [2.05, 4.69) is 32.9 Å². The zero-order valence-electron chi connectivity index (χ0n) is 12.7. The average Bonchev–Trinajstić information content (AvgIpc) is 2.73. The van der Waals surface area contributed by atoms with E-state index in [1.54, 1.807) is 6.26 Å². The number of H-pyrrole nitrogens is 2. The molecule has 4 nitrogen and oxygen atoms in total. The fraction of sp³-hybridized carbons (Fsp3) is 0.786. The number of aromatic nitrogens is 3. The molecule has 3 N–H and O–H groups in total. The lowest BCUT2D eigenvalue weighted by Crippen LogP contribution is -2.08. The van der Waals surface area contributed by atoms with Crippen LogP contribution in [0, 0.1) is 15.5 Å². The lowest BCUT2D eigenvalue weighted by molar-refractivity contribution is 0.420. The Labute approximate surface area is 143 Å². The van der Waals surface area contributed by atoms with Gasteiger partial charge in [0.25, 0.3) is 0 Å². The first-order valence-electron chi connectivity index (χ1n) is 7.63. The van der Waals surface area contributed by atoms with Crippen molar-refractivity contribution in [3.63, 3.8) is 0 Å². The van der Waals surface area contributed by atoms with Gasteiger partial charge in [0.2, 0.25) is 10.7 Å². The van der Waals surface area contributed by atoms with Crippen LogP contribution >= 0.6 is 37.1 Å². The van der Waals surface area contributed by atoms with Crippen LogP contribution in [0.5, 0.6) is 0 Å². The van der Waals surface area contributed by atoms with Gasteiger partial charge in [-0.2, -0.15) is 17.6 Å². The van der Waals surface area contributed by atoms with Crippen LogP contribution in [0.25, 0.3) is 0 Å². The van der Waals surface area contributed by atoms with Crippen molar-refractivity contribution in [2.75, 3.05) is 18.1 Å². The Kier molecular flexibility index (Phi) is 9.95. The third kappa shape index (κ3) is 7.97. The van der Waals surface area contributed by atoms with Gasteiger partial charge in [0, 0.05) is 6.54 Å². The first kappa shape index (κ1) is 18.6. The minimum absolute atomic E-state index is 0.426. The highest BCUT2D eigenvalue weighted by Crippen LogP contribution is 2.26. The summed E-state index contributed by atoms with van der Waals surface area (Å²) in [5, 5.41) is 3.26. The fourth-order valence-electron chi connectivity index (χ4n) is 2.73. The number of nitrogens with one attached hydrogen (secondary N) is 3. The Bertz CT molecular complexity index is 461. The number of thiol groups is 1. The number of anilines is 1. The van der Waals surface area contributed by atoms with Crippen molar-refractivity contribution in [2.24, 2.45) is 5.92 Å². The van der Waals surface area contributed by atoms with Gasteiger partial charge < -0.3 is 15.3 Å². The van der Waals surface area contributed by atoms with E-state index in [0.717, 1.165) is 12.5 Å². The third-order valence-electron chi connectivity index (χ3n) is 3.72. The fourth-order valence-corrected chi connectivity index (χ4v) is 3.18. The Hall–Kier alpha value is -0.400. The molecule has 0 aromatic carbocycles. The maximum absolute atomic E-state index is 5.03. The standard InChI is InChI=1S/C13H22N4S2.CH4S/c18-12-15-11(16-13(19)17-12)14-9-5-8-10-6-3-1-2-4-7-10;1-2/h10H,1-9H2,(H3,14,15,16,17,18,19);2H,1H3. The van der Waals surface area contributed by atoms with Crippen LogP contribution in [0.15, 0.2) is 0 Å². The molecule has 1 heterocycles. The van der Waals surface area contributed by atoms with Crippen molar-refractivity contribution in [2.45, 2.75) is 51.4 Å². The van der Waals surface area contributed by atoms with E-state index >= 15 is 0 Å². The van der Waals surface area contributed by atoms with Crippen LogP contribution in [0.3, 0.4) is 0 Å². The summed E-state index contributed by atoms with van der Waals surface area (Å²) in [5.74, 6) is 1.60. The number of nitrogens with zero attached hydrogens (tertiary/aromatic N) is 1. The van der Waals surface area contributed by atoms with Crippen LogP contribution in [0.1, 0.15) is 51.4 Å². The van der Waals surface area contributed by atoms with Crippen molar-refractivity contribution in [3.8, 4) is 0 Å². The molecule has 1 aliphatic carbocycles. The van der Waals surface area contributed by atoms with E-state index in [4.69, 9.17) is 24.4 Å². The first-order chi connectivity index (χ1) is 10.2. The van der Waals surface area contributed by atoms with Gasteiger partial charge in [-0.05, 0) is 49.5 Å². The van der Waals surface area contributed by atoms with Gasteiger partial charge in [-0.15, -0.1) is 0 Å².